The molecule has 6 heteroatoms. The van der Waals surface area contributed by atoms with E-state index in [9.17, 15) is 18.0 Å². The lowest BCUT2D eigenvalue weighted by atomic mass is 9.94. The van der Waals surface area contributed by atoms with Crippen LogP contribution in [-0.2, 0) is 4.79 Å². The Hall–Kier alpha value is -0.780. The van der Waals surface area contributed by atoms with E-state index in [0.29, 0.717) is 6.42 Å². The number of nitrogens with one attached hydrogen (secondary N) is 1. The quantitative estimate of drug-likeness (QED) is 0.686. The number of alkyl halides is 3. The minimum absolute atomic E-state index is 0.0476. The third-order valence-electron chi connectivity index (χ3n) is 4.01. The summed E-state index contributed by atoms with van der Waals surface area (Å²) in [5.74, 6) is -0.334. The van der Waals surface area contributed by atoms with Gasteiger partial charge in [-0.1, -0.05) is 45.4 Å². The summed E-state index contributed by atoms with van der Waals surface area (Å²) in [4.78, 5) is 11.7. The largest absolute Gasteiger partial charge is 0.405 e. The van der Waals surface area contributed by atoms with Gasteiger partial charge in [-0.05, 0) is 20.3 Å². The normalized spacial score (nSPS) is 20.6. The molecule has 0 spiro atoms. The second-order valence-electron chi connectivity index (χ2n) is 6.57. The van der Waals surface area contributed by atoms with Crippen LogP contribution in [0.4, 0.5) is 13.2 Å². The van der Waals surface area contributed by atoms with Gasteiger partial charge in [0.2, 0.25) is 5.91 Å². The molecule has 1 fully saturated rings. The van der Waals surface area contributed by atoms with Crippen molar-refractivity contribution in [2.24, 2.45) is 5.41 Å². The standard InChI is InChI=1S/C15H27F3N2O/c1-4-5-6-7-8-9-10-12(15(16,17)18)20-11-14(2,3)13(21)19-20/h12H,4-11H2,1-3H3,(H,19,21). The van der Waals surface area contributed by atoms with Crippen molar-refractivity contribution in [3.05, 3.63) is 0 Å². The van der Waals surface area contributed by atoms with E-state index in [2.05, 4.69) is 12.3 Å². The summed E-state index contributed by atoms with van der Waals surface area (Å²) in [6.45, 7) is 5.55. The highest BCUT2D eigenvalue weighted by atomic mass is 19.4. The molecule has 0 radical (unpaired) electrons. The van der Waals surface area contributed by atoms with Crippen molar-refractivity contribution in [2.75, 3.05) is 6.54 Å². The minimum Gasteiger partial charge on any atom is -0.288 e. The van der Waals surface area contributed by atoms with Crippen LogP contribution in [0.15, 0.2) is 0 Å². The van der Waals surface area contributed by atoms with Gasteiger partial charge in [0.05, 0.1) is 5.41 Å². The smallest absolute Gasteiger partial charge is 0.288 e. The molecule has 1 saturated heterocycles. The first-order valence-corrected chi connectivity index (χ1v) is 7.83. The van der Waals surface area contributed by atoms with Gasteiger partial charge in [0.15, 0.2) is 0 Å². The zero-order chi connectivity index (χ0) is 16.1. The average Bonchev–Trinajstić information content (AvgIpc) is 2.60. The molecule has 3 nitrogen and oxygen atoms in total. The monoisotopic (exact) mass is 308 g/mol. The molecule has 0 aliphatic carbocycles. The number of carbonyl (C=O) groups excluding carboxylic acids is 1. The van der Waals surface area contributed by atoms with Gasteiger partial charge in [-0.25, -0.2) is 5.01 Å². The fraction of sp³-hybridized carbons (Fsp3) is 0.933. The van der Waals surface area contributed by atoms with Crippen molar-refractivity contribution in [3.8, 4) is 0 Å². The maximum Gasteiger partial charge on any atom is 0.405 e. The second kappa shape index (κ2) is 7.47. The highest BCUT2D eigenvalue weighted by Gasteiger charge is 2.49. The maximum atomic E-state index is 13.2. The molecular weight excluding hydrogens is 281 g/mol. The minimum atomic E-state index is -4.31. The molecule has 1 aliphatic heterocycles. The van der Waals surface area contributed by atoms with Crippen molar-refractivity contribution in [2.45, 2.75) is 77.9 Å². The van der Waals surface area contributed by atoms with Crippen LogP contribution in [0.5, 0.6) is 0 Å². The number of halogens is 3. The summed E-state index contributed by atoms with van der Waals surface area (Å²) in [5, 5.41) is 1.08. The van der Waals surface area contributed by atoms with Gasteiger partial charge in [0, 0.05) is 6.54 Å². The molecule has 1 amide bonds. The summed E-state index contributed by atoms with van der Waals surface area (Å²) >= 11 is 0. The zero-order valence-electron chi connectivity index (χ0n) is 13.2. The van der Waals surface area contributed by atoms with Crippen molar-refractivity contribution in [3.63, 3.8) is 0 Å². The van der Waals surface area contributed by atoms with Crippen LogP contribution in [0.1, 0.15) is 65.7 Å². The number of carbonyl (C=O) groups is 1. The second-order valence-corrected chi connectivity index (χ2v) is 6.57. The Bertz CT molecular complexity index is 342. The maximum absolute atomic E-state index is 13.2. The van der Waals surface area contributed by atoms with Gasteiger partial charge in [-0.2, -0.15) is 13.2 Å². The van der Waals surface area contributed by atoms with Gasteiger partial charge in [-0.15, -0.1) is 0 Å². The Labute approximate surface area is 125 Å². The summed E-state index contributed by atoms with van der Waals surface area (Å²) in [6, 6.07) is -1.57. The van der Waals surface area contributed by atoms with Crippen LogP contribution in [0.3, 0.4) is 0 Å². The topological polar surface area (TPSA) is 32.3 Å². The number of nitrogens with zero attached hydrogens (tertiary/aromatic N) is 1. The molecule has 1 heterocycles. The van der Waals surface area contributed by atoms with Gasteiger partial charge in [-0.3, -0.25) is 10.2 Å². The summed E-state index contributed by atoms with van der Waals surface area (Å²) in [7, 11) is 0. The molecule has 0 bridgehead atoms. The lowest BCUT2D eigenvalue weighted by molar-refractivity contribution is -0.190. The number of amides is 1. The zero-order valence-corrected chi connectivity index (χ0v) is 13.2. The SMILES string of the molecule is CCCCCCCCC(N1CC(C)(C)C(=O)N1)C(F)(F)F. The molecule has 21 heavy (non-hydrogen) atoms. The molecular formula is C15H27F3N2O. The van der Waals surface area contributed by atoms with E-state index in [4.69, 9.17) is 0 Å². The van der Waals surface area contributed by atoms with E-state index < -0.39 is 17.6 Å². The molecule has 0 aromatic carbocycles. The Kier molecular flexibility index (Phi) is 6.50. The third-order valence-corrected chi connectivity index (χ3v) is 4.01. The molecule has 0 aromatic heterocycles. The van der Waals surface area contributed by atoms with Crippen LogP contribution in [0.25, 0.3) is 0 Å². The Morgan fingerprint density at radius 1 is 1.19 bits per heavy atom. The molecule has 1 rings (SSSR count). The molecule has 1 atom stereocenters. The van der Waals surface area contributed by atoms with Crippen molar-refractivity contribution in [1.29, 1.82) is 0 Å². The summed E-state index contributed by atoms with van der Waals surface area (Å²) in [6.07, 6.45) is 1.43. The molecule has 124 valence electrons. The first kappa shape index (κ1) is 18.3. The lowest BCUT2D eigenvalue weighted by Gasteiger charge is -2.29. The number of unbranched alkanes of at least 4 members (excludes halogenated alkanes) is 5. The predicted molar refractivity (Wildman–Crippen MR) is 76.5 cm³/mol. The van der Waals surface area contributed by atoms with E-state index in [1.807, 2.05) is 0 Å². The van der Waals surface area contributed by atoms with Crippen molar-refractivity contribution < 1.29 is 18.0 Å². The van der Waals surface area contributed by atoms with Gasteiger partial charge >= 0.3 is 6.18 Å². The third kappa shape index (κ3) is 5.49. The van der Waals surface area contributed by atoms with Crippen LogP contribution < -0.4 is 5.43 Å². The molecule has 0 aromatic rings. The number of rotatable bonds is 8. The Morgan fingerprint density at radius 2 is 1.76 bits per heavy atom. The molecule has 1 N–H and O–H groups in total. The fourth-order valence-electron chi connectivity index (χ4n) is 2.62. The van der Waals surface area contributed by atoms with Gasteiger partial charge < -0.3 is 0 Å². The highest BCUT2D eigenvalue weighted by molar-refractivity contribution is 5.83. The van der Waals surface area contributed by atoms with Gasteiger partial charge in [0.25, 0.3) is 0 Å². The van der Waals surface area contributed by atoms with Crippen LogP contribution in [0.2, 0.25) is 0 Å². The van der Waals surface area contributed by atoms with Gasteiger partial charge in [0.1, 0.15) is 6.04 Å². The lowest BCUT2D eigenvalue weighted by Crippen LogP contribution is -2.49. The molecule has 1 unspecified atom stereocenters. The van der Waals surface area contributed by atoms with E-state index in [-0.39, 0.29) is 18.9 Å². The van der Waals surface area contributed by atoms with Crippen LogP contribution in [0, 0.1) is 5.41 Å². The van der Waals surface area contributed by atoms with E-state index in [0.717, 1.165) is 37.1 Å². The molecule has 0 saturated carbocycles. The van der Waals surface area contributed by atoms with Crippen LogP contribution >= 0.6 is 0 Å². The van der Waals surface area contributed by atoms with E-state index in [1.165, 1.54) is 0 Å². The predicted octanol–water partition coefficient (Wildman–Crippen LogP) is 4.04. The Balaban J connectivity index is 2.49. The summed E-state index contributed by atoms with van der Waals surface area (Å²) in [5.41, 5.74) is 1.63. The first-order chi connectivity index (χ1) is 9.68. The highest BCUT2D eigenvalue weighted by Crippen LogP contribution is 2.33. The van der Waals surface area contributed by atoms with Crippen molar-refractivity contribution in [1.82, 2.24) is 10.4 Å². The molecule has 1 aliphatic rings. The summed E-state index contributed by atoms with van der Waals surface area (Å²) < 4.78 is 39.6. The number of hydrogen-bond acceptors (Lipinski definition) is 2. The van der Waals surface area contributed by atoms with Crippen LogP contribution in [-0.4, -0.2) is 29.7 Å². The fourth-order valence-corrected chi connectivity index (χ4v) is 2.62. The van der Waals surface area contributed by atoms with E-state index in [1.54, 1.807) is 13.8 Å². The first-order valence-electron chi connectivity index (χ1n) is 7.83. The Morgan fingerprint density at radius 3 is 2.24 bits per heavy atom. The van der Waals surface area contributed by atoms with Crippen molar-refractivity contribution >= 4 is 5.91 Å². The van der Waals surface area contributed by atoms with E-state index >= 15 is 0 Å². The number of hydrogen-bond donors (Lipinski definition) is 1. The average molecular weight is 308 g/mol. The number of hydrazine groups is 1.